The first-order chi connectivity index (χ1) is 10.2. The third-order valence-corrected chi connectivity index (χ3v) is 2.87. The van der Waals surface area contributed by atoms with Crippen molar-refractivity contribution in [2.24, 2.45) is 0 Å². The Balaban J connectivity index is 2.14. The third-order valence-electron chi connectivity index (χ3n) is 2.87. The minimum atomic E-state index is -0.898. The second-order valence-electron chi connectivity index (χ2n) is 4.44. The van der Waals surface area contributed by atoms with E-state index in [0.717, 1.165) is 5.69 Å². The molecule has 0 aliphatic rings. The van der Waals surface area contributed by atoms with Gasteiger partial charge >= 0.3 is 5.97 Å². The summed E-state index contributed by atoms with van der Waals surface area (Å²) < 4.78 is 6.59. The van der Waals surface area contributed by atoms with Crippen molar-refractivity contribution in [2.45, 2.75) is 6.54 Å². The Morgan fingerprint density at radius 1 is 1.38 bits per heavy atom. The molecule has 1 aromatic carbocycles. The summed E-state index contributed by atoms with van der Waals surface area (Å²) >= 11 is 0. The molecule has 8 heteroatoms. The number of methoxy groups -OCH3 is 1. The maximum absolute atomic E-state index is 10.9. The van der Waals surface area contributed by atoms with Gasteiger partial charge in [0.05, 0.1) is 25.4 Å². The molecular weight excluding hydrogens is 274 g/mol. The monoisotopic (exact) mass is 291 g/mol. The highest BCUT2D eigenvalue weighted by molar-refractivity contribution is 5.69. The molecule has 0 saturated heterocycles. The molecule has 112 valence electrons. The van der Waals surface area contributed by atoms with E-state index in [9.17, 15) is 4.79 Å². The van der Waals surface area contributed by atoms with Crippen molar-refractivity contribution >= 4 is 5.97 Å². The maximum Gasteiger partial charge on any atom is 0.317 e. The molecule has 2 aromatic rings. The van der Waals surface area contributed by atoms with E-state index in [2.05, 4.69) is 15.5 Å². The molecule has 0 aliphatic heterocycles. The quantitative estimate of drug-likeness (QED) is 0.742. The number of rotatable bonds is 8. The topological polar surface area (TPSA) is 93.4 Å². The van der Waals surface area contributed by atoms with Gasteiger partial charge in [-0.25, -0.2) is 0 Å². The number of ether oxygens (including phenoxy) is 1. The molecule has 8 nitrogen and oxygen atoms in total. The standard InChI is InChI=1S/C13H17N5O3/c1-21-8-7-17(10-13(19)20)9-12-14-15-16-18(12)11-5-3-2-4-6-11/h2-6H,7-10H2,1H3,(H,19,20). The lowest BCUT2D eigenvalue weighted by molar-refractivity contribution is -0.138. The van der Waals surface area contributed by atoms with Gasteiger partial charge < -0.3 is 9.84 Å². The number of nitrogens with zero attached hydrogens (tertiary/aromatic N) is 5. The minimum Gasteiger partial charge on any atom is -0.480 e. The van der Waals surface area contributed by atoms with E-state index in [4.69, 9.17) is 9.84 Å². The molecule has 0 bridgehead atoms. The van der Waals surface area contributed by atoms with Gasteiger partial charge in [-0.15, -0.1) is 5.10 Å². The van der Waals surface area contributed by atoms with Crippen LogP contribution < -0.4 is 0 Å². The average molecular weight is 291 g/mol. The summed E-state index contributed by atoms with van der Waals surface area (Å²) in [4.78, 5) is 12.6. The lowest BCUT2D eigenvalue weighted by Gasteiger charge is -2.18. The maximum atomic E-state index is 10.9. The molecule has 0 spiro atoms. The van der Waals surface area contributed by atoms with Crippen LogP contribution in [0.5, 0.6) is 0 Å². The van der Waals surface area contributed by atoms with Gasteiger partial charge in [0, 0.05) is 13.7 Å². The van der Waals surface area contributed by atoms with Crippen LogP contribution in [0.2, 0.25) is 0 Å². The molecule has 0 radical (unpaired) electrons. The summed E-state index contributed by atoms with van der Waals surface area (Å²) in [5.74, 6) is -0.316. The van der Waals surface area contributed by atoms with Gasteiger partial charge in [0.2, 0.25) is 0 Å². The van der Waals surface area contributed by atoms with Crippen LogP contribution >= 0.6 is 0 Å². The van der Waals surface area contributed by atoms with E-state index in [-0.39, 0.29) is 6.54 Å². The number of aliphatic carboxylic acids is 1. The molecule has 1 aromatic heterocycles. The van der Waals surface area contributed by atoms with E-state index in [1.54, 1.807) is 16.7 Å². The van der Waals surface area contributed by atoms with E-state index >= 15 is 0 Å². The fourth-order valence-electron chi connectivity index (χ4n) is 1.90. The van der Waals surface area contributed by atoms with Gasteiger partial charge in [-0.05, 0) is 22.6 Å². The van der Waals surface area contributed by atoms with Gasteiger partial charge in [-0.2, -0.15) is 4.68 Å². The highest BCUT2D eigenvalue weighted by Crippen LogP contribution is 2.09. The SMILES string of the molecule is COCCN(CC(=O)O)Cc1nnnn1-c1ccccc1. The second-order valence-corrected chi connectivity index (χ2v) is 4.44. The van der Waals surface area contributed by atoms with Crippen LogP contribution in [-0.2, 0) is 16.1 Å². The molecule has 0 aliphatic carbocycles. The number of hydrogen-bond acceptors (Lipinski definition) is 6. The first kappa shape index (κ1) is 15.1. The van der Waals surface area contributed by atoms with Gasteiger partial charge in [-0.1, -0.05) is 18.2 Å². The van der Waals surface area contributed by atoms with Crippen molar-refractivity contribution < 1.29 is 14.6 Å². The Bertz CT molecular complexity index is 572. The zero-order chi connectivity index (χ0) is 15.1. The first-order valence-corrected chi connectivity index (χ1v) is 6.46. The smallest absolute Gasteiger partial charge is 0.317 e. The van der Waals surface area contributed by atoms with Gasteiger partial charge in [0.1, 0.15) is 0 Å². The normalized spacial score (nSPS) is 11.0. The summed E-state index contributed by atoms with van der Waals surface area (Å²) in [7, 11) is 1.58. The van der Waals surface area contributed by atoms with Crippen molar-refractivity contribution in [3.05, 3.63) is 36.2 Å². The lowest BCUT2D eigenvalue weighted by atomic mass is 10.3. The van der Waals surface area contributed by atoms with Crippen LogP contribution in [0.4, 0.5) is 0 Å². The van der Waals surface area contributed by atoms with Gasteiger partial charge in [0.25, 0.3) is 0 Å². The molecule has 21 heavy (non-hydrogen) atoms. The molecule has 1 N–H and O–H groups in total. The summed E-state index contributed by atoms with van der Waals surface area (Å²) in [6, 6.07) is 9.46. The largest absolute Gasteiger partial charge is 0.480 e. The Morgan fingerprint density at radius 2 is 2.14 bits per heavy atom. The van der Waals surface area contributed by atoms with E-state index in [1.807, 2.05) is 30.3 Å². The van der Waals surface area contributed by atoms with Crippen LogP contribution in [0.3, 0.4) is 0 Å². The van der Waals surface area contributed by atoms with E-state index in [0.29, 0.717) is 25.5 Å². The van der Waals surface area contributed by atoms with Crippen molar-refractivity contribution in [3.63, 3.8) is 0 Å². The first-order valence-electron chi connectivity index (χ1n) is 6.46. The molecule has 0 atom stereocenters. The Labute approximate surface area is 121 Å². The van der Waals surface area contributed by atoms with Crippen molar-refractivity contribution in [3.8, 4) is 5.69 Å². The van der Waals surface area contributed by atoms with Gasteiger partial charge in [0.15, 0.2) is 5.82 Å². The summed E-state index contributed by atoms with van der Waals surface area (Å²) in [6.45, 7) is 1.17. The van der Waals surface area contributed by atoms with Gasteiger partial charge in [-0.3, -0.25) is 9.69 Å². The lowest BCUT2D eigenvalue weighted by Crippen LogP contribution is -2.33. The molecule has 0 fully saturated rings. The number of carboxylic acid groups (broad SMARTS) is 1. The Kier molecular flexibility index (Phi) is 5.35. The average Bonchev–Trinajstić information content (AvgIpc) is 2.93. The van der Waals surface area contributed by atoms with Crippen molar-refractivity contribution in [1.82, 2.24) is 25.1 Å². The van der Waals surface area contributed by atoms with Crippen LogP contribution in [0.1, 0.15) is 5.82 Å². The Morgan fingerprint density at radius 3 is 2.81 bits per heavy atom. The number of hydrogen-bond donors (Lipinski definition) is 1. The fraction of sp³-hybridized carbons (Fsp3) is 0.385. The fourth-order valence-corrected chi connectivity index (χ4v) is 1.90. The molecule has 2 rings (SSSR count). The predicted molar refractivity (Wildman–Crippen MR) is 73.9 cm³/mol. The molecule has 0 amide bonds. The summed E-state index contributed by atoms with van der Waals surface area (Å²) in [6.07, 6.45) is 0. The molecule has 0 saturated carbocycles. The molecular formula is C13H17N5O3. The van der Waals surface area contributed by atoms with Crippen LogP contribution in [0.15, 0.2) is 30.3 Å². The van der Waals surface area contributed by atoms with E-state index in [1.165, 1.54) is 0 Å². The zero-order valence-electron chi connectivity index (χ0n) is 11.7. The second kappa shape index (κ2) is 7.46. The van der Waals surface area contributed by atoms with Crippen molar-refractivity contribution in [1.29, 1.82) is 0 Å². The van der Waals surface area contributed by atoms with Crippen LogP contribution in [0, 0.1) is 0 Å². The highest BCUT2D eigenvalue weighted by Gasteiger charge is 2.15. The summed E-state index contributed by atoms with van der Waals surface area (Å²) in [5, 5.41) is 20.5. The summed E-state index contributed by atoms with van der Waals surface area (Å²) in [5.41, 5.74) is 0.833. The zero-order valence-corrected chi connectivity index (χ0v) is 11.7. The number of carbonyl (C=O) groups is 1. The third kappa shape index (κ3) is 4.33. The van der Waals surface area contributed by atoms with E-state index < -0.39 is 5.97 Å². The highest BCUT2D eigenvalue weighted by atomic mass is 16.5. The molecule has 0 unspecified atom stereocenters. The predicted octanol–water partition coefficient (Wildman–Crippen LogP) is 0.195. The molecule has 1 heterocycles. The van der Waals surface area contributed by atoms with Crippen molar-refractivity contribution in [2.75, 3.05) is 26.8 Å². The minimum absolute atomic E-state index is 0.0923. The number of carboxylic acids is 1. The number of tetrazole rings is 1. The Hall–Kier alpha value is -2.32. The number of para-hydroxylation sites is 1. The number of benzene rings is 1. The van der Waals surface area contributed by atoms with Crippen LogP contribution in [0.25, 0.3) is 5.69 Å². The number of aromatic nitrogens is 4. The van der Waals surface area contributed by atoms with Crippen LogP contribution in [-0.4, -0.2) is 63.0 Å².